The highest BCUT2D eigenvalue weighted by Gasteiger charge is 2.40. The van der Waals surface area contributed by atoms with E-state index >= 15 is 0 Å². The third kappa shape index (κ3) is 3.60. The van der Waals surface area contributed by atoms with Gasteiger partial charge in [0, 0.05) is 52.8 Å². The Hall–Kier alpha value is -4.72. The molecule has 8 heteroatoms. The van der Waals surface area contributed by atoms with Gasteiger partial charge in [0.15, 0.2) is 17.3 Å². The molecule has 0 amide bonds. The minimum atomic E-state index is -0.499. The standard InChI is InChI=1S/C30H25NO7/c1-31-15-16(17-7-5-6-8-21(17)31)11-26-29(33)18-9-10-22-28(30(18)38-26)20(13-27(32)37-22)19-12-24(35-3)25(36-4)14-23(19)34-2/h5-12,14-15,20H,13H2,1-4H3/b26-11+. The van der Waals surface area contributed by atoms with Crippen LogP contribution in [0.3, 0.4) is 0 Å². The largest absolute Gasteiger partial charge is 0.496 e. The molecule has 1 unspecified atom stereocenters. The highest BCUT2D eigenvalue weighted by atomic mass is 16.5. The number of ether oxygens (including phenoxy) is 5. The lowest BCUT2D eigenvalue weighted by Gasteiger charge is -2.28. The molecule has 2 aliphatic heterocycles. The van der Waals surface area contributed by atoms with E-state index in [-0.39, 0.29) is 18.0 Å². The number of hydrogen-bond acceptors (Lipinski definition) is 7. The zero-order chi connectivity index (χ0) is 26.6. The van der Waals surface area contributed by atoms with E-state index in [9.17, 15) is 9.59 Å². The lowest BCUT2D eigenvalue weighted by atomic mass is 9.84. The summed E-state index contributed by atoms with van der Waals surface area (Å²) in [5.41, 5.74) is 3.64. The van der Waals surface area contributed by atoms with Crippen molar-refractivity contribution in [1.82, 2.24) is 4.57 Å². The smallest absolute Gasteiger partial charge is 0.312 e. The number of hydrogen-bond donors (Lipinski definition) is 0. The molecule has 0 fully saturated rings. The molecule has 6 rings (SSSR count). The van der Waals surface area contributed by atoms with Gasteiger partial charge in [-0.15, -0.1) is 0 Å². The molecule has 0 saturated heterocycles. The summed E-state index contributed by atoms with van der Waals surface area (Å²) >= 11 is 0. The van der Waals surface area contributed by atoms with E-state index in [1.807, 2.05) is 42.1 Å². The summed E-state index contributed by atoms with van der Waals surface area (Å²) in [5.74, 6) is 1.32. The van der Waals surface area contributed by atoms with Gasteiger partial charge in [0.05, 0.1) is 33.3 Å². The number of aryl methyl sites for hydroxylation is 1. The zero-order valence-electron chi connectivity index (χ0n) is 21.4. The van der Waals surface area contributed by atoms with Crippen molar-refractivity contribution in [3.63, 3.8) is 0 Å². The van der Waals surface area contributed by atoms with Crippen LogP contribution >= 0.6 is 0 Å². The average molecular weight is 512 g/mol. The zero-order valence-corrected chi connectivity index (χ0v) is 21.4. The molecule has 1 aromatic heterocycles. The van der Waals surface area contributed by atoms with E-state index in [1.165, 1.54) is 0 Å². The topological polar surface area (TPSA) is 85.2 Å². The molecule has 2 aliphatic rings. The fourth-order valence-corrected chi connectivity index (χ4v) is 5.33. The number of ketones is 1. The van der Waals surface area contributed by atoms with Crippen molar-refractivity contribution in [3.8, 4) is 28.7 Å². The van der Waals surface area contributed by atoms with Crippen LogP contribution in [0.5, 0.6) is 28.7 Å². The first-order valence-electron chi connectivity index (χ1n) is 12.1. The minimum absolute atomic E-state index is 0.0369. The number of methoxy groups -OCH3 is 3. The number of carbonyl (C=O) groups is 2. The quantitative estimate of drug-likeness (QED) is 0.205. The van der Waals surface area contributed by atoms with Gasteiger partial charge in [-0.2, -0.15) is 0 Å². The van der Waals surface area contributed by atoms with Crippen LogP contribution in [-0.2, 0) is 11.8 Å². The van der Waals surface area contributed by atoms with Crippen LogP contribution < -0.4 is 23.7 Å². The van der Waals surface area contributed by atoms with Gasteiger partial charge >= 0.3 is 5.97 Å². The lowest BCUT2D eigenvalue weighted by molar-refractivity contribution is -0.135. The van der Waals surface area contributed by atoms with Gasteiger partial charge in [-0.3, -0.25) is 9.59 Å². The summed E-state index contributed by atoms with van der Waals surface area (Å²) in [6, 6.07) is 14.8. The fraction of sp³-hybridized carbons (Fsp3) is 0.200. The predicted octanol–water partition coefficient (Wildman–Crippen LogP) is 5.26. The second-order valence-electron chi connectivity index (χ2n) is 9.19. The Morgan fingerprint density at radius 2 is 1.66 bits per heavy atom. The Morgan fingerprint density at radius 1 is 0.921 bits per heavy atom. The van der Waals surface area contributed by atoms with Crippen molar-refractivity contribution in [2.75, 3.05) is 21.3 Å². The summed E-state index contributed by atoms with van der Waals surface area (Å²) in [7, 11) is 6.59. The normalized spacial score (nSPS) is 17.2. The number of aromatic nitrogens is 1. The van der Waals surface area contributed by atoms with E-state index in [0.29, 0.717) is 45.4 Å². The number of Topliss-reactive ketones (excluding diaryl/α,β-unsaturated/α-hetero) is 1. The highest BCUT2D eigenvalue weighted by Crippen LogP contribution is 2.52. The maximum atomic E-state index is 13.5. The Labute approximate surface area is 218 Å². The van der Waals surface area contributed by atoms with Crippen LogP contribution in [0.15, 0.2) is 60.5 Å². The fourth-order valence-electron chi connectivity index (χ4n) is 5.33. The van der Waals surface area contributed by atoms with Gasteiger partial charge in [0.25, 0.3) is 0 Å². The number of benzene rings is 3. The summed E-state index contributed by atoms with van der Waals surface area (Å²) in [6.07, 6.45) is 3.76. The Morgan fingerprint density at radius 3 is 2.42 bits per heavy atom. The second kappa shape index (κ2) is 8.99. The van der Waals surface area contributed by atoms with Crippen LogP contribution in [0.4, 0.5) is 0 Å². The first-order valence-corrected chi connectivity index (χ1v) is 12.1. The molecule has 0 radical (unpaired) electrons. The van der Waals surface area contributed by atoms with Crippen LogP contribution in [0.2, 0.25) is 0 Å². The van der Waals surface area contributed by atoms with E-state index in [0.717, 1.165) is 16.5 Å². The van der Waals surface area contributed by atoms with E-state index in [4.69, 9.17) is 23.7 Å². The van der Waals surface area contributed by atoms with Gasteiger partial charge in [0.2, 0.25) is 5.78 Å². The molecule has 1 atom stereocenters. The van der Waals surface area contributed by atoms with Crippen molar-refractivity contribution < 1.29 is 33.3 Å². The maximum absolute atomic E-state index is 13.5. The van der Waals surface area contributed by atoms with Gasteiger partial charge in [-0.25, -0.2) is 0 Å². The van der Waals surface area contributed by atoms with E-state index in [1.54, 1.807) is 51.7 Å². The van der Waals surface area contributed by atoms with Crippen LogP contribution in [0.1, 0.15) is 39.4 Å². The molecule has 4 aromatic rings. The number of carbonyl (C=O) groups excluding carboxylic acids is 2. The van der Waals surface area contributed by atoms with Gasteiger partial charge in [0.1, 0.15) is 17.2 Å². The molecular weight excluding hydrogens is 486 g/mol. The van der Waals surface area contributed by atoms with Crippen molar-refractivity contribution in [2.24, 2.45) is 7.05 Å². The van der Waals surface area contributed by atoms with E-state index < -0.39 is 11.9 Å². The van der Waals surface area contributed by atoms with Crippen molar-refractivity contribution in [3.05, 3.63) is 82.7 Å². The molecule has 192 valence electrons. The van der Waals surface area contributed by atoms with Gasteiger partial charge in [-0.05, 0) is 30.3 Å². The average Bonchev–Trinajstić information content (AvgIpc) is 3.43. The molecule has 38 heavy (non-hydrogen) atoms. The molecule has 3 aromatic carbocycles. The van der Waals surface area contributed by atoms with Crippen molar-refractivity contribution in [1.29, 1.82) is 0 Å². The first-order chi connectivity index (χ1) is 18.4. The molecule has 8 nitrogen and oxygen atoms in total. The molecule has 3 heterocycles. The van der Waals surface area contributed by atoms with Crippen LogP contribution in [0.25, 0.3) is 17.0 Å². The molecular formula is C30H25NO7. The Kier molecular flexibility index (Phi) is 5.60. The second-order valence-corrected chi connectivity index (χ2v) is 9.19. The SMILES string of the molecule is COc1cc(OC)c(C2CC(=O)Oc3ccc4c(c32)O/C(=C/c2cn(C)c3ccccc23)C4=O)cc1OC. The molecule has 0 bridgehead atoms. The van der Waals surface area contributed by atoms with Crippen LogP contribution in [-0.4, -0.2) is 37.6 Å². The number of nitrogens with zero attached hydrogens (tertiary/aromatic N) is 1. The van der Waals surface area contributed by atoms with Crippen molar-refractivity contribution in [2.45, 2.75) is 12.3 Å². The number of rotatable bonds is 5. The summed E-state index contributed by atoms with van der Waals surface area (Å²) < 4.78 is 30.5. The monoisotopic (exact) mass is 511 g/mol. The van der Waals surface area contributed by atoms with Crippen LogP contribution in [0, 0.1) is 0 Å². The first kappa shape index (κ1) is 23.7. The lowest BCUT2D eigenvalue weighted by Crippen LogP contribution is -2.22. The minimum Gasteiger partial charge on any atom is -0.496 e. The Bertz CT molecular complexity index is 1660. The number of para-hydroxylation sites is 1. The summed E-state index contributed by atoms with van der Waals surface area (Å²) in [5, 5.41) is 1.01. The third-order valence-electron chi connectivity index (χ3n) is 7.11. The van der Waals surface area contributed by atoms with Gasteiger partial charge < -0.3 is 28.3 Å². The summed E-state index contributed by atoms with van der Waals surface area (Å²) in [6.45, 7) is 0. The molecule has 0 spiro atoms. The highest BCUT2D eigenvalue weighted by molar-refractivity contribution is 6.15. The third-order valence-corrected chi connectivity index (χ3v) is 7.11. The van der Waals surface area contributed by atoms with E-state index in [2.05, 4.69) is 0 Å². The predicted molar refractivity (Wildman–Crippen MR) is 140 cm³/mol. The molecule has 0 saturated carbocycles. The number of fused-ring (bicyclic) bond motifs is 4. The maximum Gasteiger partial charge on any atom is 0.312 e. The Balaban J connectivity index is 1.49. The van der Waals surface area contributed by atoms with Gasteiger partial charge in [-0.1, -0.05) is 18.2 Å². The molecule has 0 N–H and O–H groups in total. The summed E-state index contributed by atoms with van der Waals surface area (Å²) in [4.78, 5) is 26.1. The number of esters is 1. The number of allylic oxidation sites excluding steroid dienone is 1. The van der Waals surface area contributed by atoms with Crippen molar-refractivity contribution >= 4 is 28.7 Å². The molecule has 0 aliphatic carbocycles.